The number of aliphatic hydroxyl groups excluding tert-OH is 3. The summed E-state index contributed by atoms with van der Waals surface area (Å²) in [5, 5.41) is 29.1. The summed E-state index contributed by atoms with van der Waals surface area (Å²) in [5.74, 6) is 0. The van der Waals surface area contributed by atoms with Crippen LogP contribution in [0.15, 0.2) is 12.7 Å². The molecule has 0 bridgehead atoms. The average Bonchev–Trinajstić information content (AvgIpc) is 2.23. The van der Waals surface area contributed by atoms with Crippen LogP contribution in [0.1, 0.15) is 27.2 Å². The first-order valence-electron chi connectivity index (χ1n) is 6.32. The summed E-state index contributed by atoms with van der Waals surface area (Å²) in [7, 11) is -1.94. The van der Waals surface area contributed by atoms with Crippen molar-refractivity contribution in [1.29, 1.82) is 0 Å². The monoisotopic (exact) mass is 276 g/mol. The highest BCUT2D eigenvalue weighted by Gasteiger charge is 2.38. The first-order valence-corrected chi connectivity index (χ1v) is 9.23. The van der Waals surface area contributed by atoms with Gasteiger partial charge in [0, 0.05) is 0 Å². The van der Waals surface area contributed by atoms with E-state index in [9.17, 15) is 15.3 Å². The highest BCUT2D eigenvalue weighted by atomic mass is 28.4. The van der Waals surface area contributed by atoms with E-state index in [1.165, 1.54) is 6.08 Å². The Morgan fingerprint density at radius 3 is 2.06 bits per heavy atom. The van der Waals surface area contributed by atoms with Crippen molar-refractivity contribution in [2.45, 2.75) is 63.6 Å². The zero-order valence-corrected chi connectivity index (χ0v) is 13.2. The molecule has 0 rings (SSSR count). The van der Waals surface area contributed by atoms with E-state index in [2.05, 4.69) is 40.4 Å². The van der Waals surface area contributed by atoms with Crippen molar-refractivity contribution in [1.82, 2.24) is 0 Å². The third kappa shape index (κ3) is 5.20. The molecule has 0 aromatic rings. The van der Waals surface area contributed by atoms with Gasteiger partial charge in [-0.3, -0.25) is 0 Å². The fourth-order valence-corrected chi connectivity index (χ4v) is 2.20. The van der Waals surface area contributed by atoms with E-state index in [-0.39, 0.29) is 18.1 Å². The van der Waals surface area contributed by atoms with Crippen LogP contribution in [0.2, 0.25) is 18.1 Å². The number of hydrogen-bond donors (Lipinski definition) is 3. The van der Waals surface area contributed by atoms with Gasteiger partial charge in [-0.1, -0.05) is 26.8 Å². The normalized spacial score (nSPS) is 18.2. The molecule has 108 valence electrons. The molecule has 0 aliphatic rings. The van der Waals surface area contributed by atoms with E-state index in [0.717, 1.165) is 0 Å². The summed E-state index contributed by atoms with van der Waals surface area (Å²) in [6.07, 6.45) is -1.52. The Morgan fingerprint density at radius 1 is 1.17 bits per heavy atom. The molecule has 4 nitrogen and oxygen atoms in total. The summed E-state index contributed by atoms with van der Waals surface area (Å²) in [6.45, 7) is 14.0. The summed E-state index contributed by atoms with van der Waals surface area (Å²) in [5.41, 5.74) is 0. The van der Waals surface area contributed by atoms with E-state index >= 15 is 0 Å². The van der Waals surface area contributed by atoms with Gasteiger partial charge in [-0.15, -0.1) is 6.58 Å². The molecule has 0 spiro atoms. The van der Waals surface area contributed by atoms with Crippen LogP contribution in [0.3, 0.4) is 0 Å². The molecule has 0 aliphatic heterocycles. The molecule has 5 heteroatoms. The van der Waals surface area contributed by atoms with E-state index in [1.54, 1.807) is 0 Å². The highest BCUT2D eigenvalue weighted by Crippen LogP contribution is 2.36. The number of rotatable bonds is 7. The molecule has 0 saturated heterocycles. The average molecular weight is 276 g/mol. The van der Waals surface area contributed by atoms with Crippen molar-refractivity contribution in [2.75, 3.05) is 6.61 Å². The lowest BCUT2D eigenvalue weighted by molar-refractivity contribution is -0.0727. The molecule has 0 aromatic carbocycles. The lowest BCUT2D eigenvalue weighted by Crippen LogP contribution is -2.46. The SMILES string of the molecule is C=CC[C@H](O)[C@H](O)[C@@H](O)CO[Si](C)(C)C(C)(C)C. The van der Waals surface area contributed by atoms with Crippen molar-refractivity contribution in [3.63, 3.8) is 0 Å². The van der Waals surface area contributed by atoms with Crippen molar-refractivity contribution in [3.8, 4) is 0 Å². The highest BCUT2D eigenvalue weighted by molar-refractivity contribution is 6.74. The third-order valence-corrected chi connectivity index (χ3v) is 8.12. The second kappa shape index (κ2) is 6.82. The predicted octanol–water partition coefficient (Wildman–Crippen LogP) is 1.67. The van der Waals surface area contributed by atoms with Crippen molar-refractivity contribution in [3.05, 3.63) is 12.7 Å². The van der Waals surface area contributed by atoms with Gasteiger partial charge in [0.05, 0.1) is 12.7 Å². The Morgan fingerprint density at radius 2 is 1.67 bits per heavy atom. The Hall–Kier alpha value is -0.203. The molecule has 0 aliphatic carbocycles. The Labute approximate surface area is 111 Å². The zero-order valence-electron chi connectivity index (χ0n) is 12.2. The minimum atomic E-state index is -1.94. The van der Waals surface area contributed by atoms with Crippen LogP contribution in [0.25, 0.3) is 0 Å². The molecular formula is C13H28O4Si. The van der Waals surface area contributed by atoms with Gasteiger partial charge >= 0.3 is 0 Å². The van der Waals surface area contributed by atoms with Gasteiger partial charge in [0.25, 0.3) is 0 Å². The topological polar surface area (TPSA) is 69.9 Å². The maximum atomic E-state index is 9.80. The maximum absolute atomic E-state index is 9.80. The summed E-state index contributed by atoms with van der Waals surface area (Å²) >= 11 is 0. The second-order valence-corrected chi connectivity index (χ2v) is 11.0. The van der Waals surface area contributed by atoms with E-state index < -0.39 is 26.6 Å². The molecule has 0 saturated carbocycles. The van der Waals surface area contributed by atoms with E-state index in [1.807, 2.05) is 0 Å². The van der Waals surface area contributed by atoms with Crippen LogP contribution in [-0.4, -0.2) is 48.6 Å². The second-order valence-electron chi connectivity index (χ2n) is 6.22. The van der Waals surface area contributed by atoms with Crippen molar-refractivity contribution < 1.29 is 19.7 Å². The van der Waals surface area contributed by atoms with Crippen LogP contribution < -0.4 is 0 Å². The summed E-state index contributed by atoms with van der Waals surface area (Å²) < 4.78 is 5.80. The molecule has 3 atom stereocenters. The lowest BCUT2D eigenvalue weighted by Gasteiger charge is -2.37. The standard InChI is InChI=1S/C13H28O4Si/c1-7-8-10(14)12(16)11(15)9-17-18(5,6)13(2,3)4/h7,10-12,14-16H,1,8-9H2,2-6H3/t10-,11-,12-/m0/s1. The minimum absolute atomic E-state index is 0.0475. The minimum Gasteiger partial charge on any atom is -0.414 e. The third-order valence-electron chi connectivity index (χ3n) is 3.62. The van der Waals surface area contributed by atoms with Crippen LogP contribution in [0.5, 0.6) is 0 Å². The fourth-order valence-electron chi connectivity index (χ4n) is 1.18. The molecule has 0 heterocycles. The molecular weight excluding hydrogens is 248 g/mol. The van der Waals surface area contributed by atoms with Crippen LogP contribution in [0.4, 0.5) is 0 Å². The maximum Gasteiger partial charge on any atom is 0.192 e. The van der Waals surface area contributed by atoms with Gasteiger partial charge in [-0.2, -0.15) is 0 Å². The molecule has 0 unspecified atom stereocenters. The summed E-state index contributed by atoms with van der Waals surface area (Å²) in [4.78, 5) is 0. The Balaban J connectivity index is 4.33. The van der Waals surface area contributed by atoms with Gasteiger partial charge in [0.15, 0.2) is 8.32 Å². The van der Waals surface area contributed by atoms with Gasteiger partial charge in [0.1, 0.15) is 12.2 Å². The Bertz CT molecular complexity index is 260. The van der Waals surface area contributed by atoms with Crippen LogP contribution >= 0.6 is 0 Å². The molecule has 0 fully saturated rings. The van der Waals surface area contributed by atoms with Gasteiger partial charge in [-0.25, -0.2) is 0 Å². The van der Waals surface area contributed by atoms with Gasteiger partial charge in [-0.05, 0) is 24.6 Å². The Kier molecular flexibility index (Phi) is 6.74. The van der Waals surface area contributed by atoms with Gasteiger partial charge < -0.3 is 19.7 Å². The fraction of sp³-hybridized carbons (Fsp3) is 0.846. The van der Waals surface area contributed by atoms with E-state index in [4.69, 9.17) is 4.43 Å². The molecule has 0 amide bonds. The largest absolute Gasteiger partial charge is 0.414 e. The summed E-state index contributed by atoms with van der Waals surface area (Å²) in [6, 6.07) is 0. The van der Waals surface area contributed by atoms with Crippen molar-refractivity contribution >= 4 is 8.32 Å². The smallest absolute Gasteiger partial charge is 0.192 e. The molecule has 0 radical (unpaired) electrons. The quantitative estimate of drug-likeness (QED) is 0.489. The molecule has 18 heavy (non-hydrogen) atoms. The first-order chi connectivity index (χ1) is 8.03. The lowest BCUT2D eigenvalue weighted by atomic mass is 10.1. The first kappa shape index (κ1) is 17.8. The zero-order chi connectivity index (χ0) is 14.6. The van der Waals surface area contributed by atoms with Crippen LogP contribution in [-0.2, 0) is 4.43 Å². The number of hydrogen-bond acceptors (Lipinski definition) is 4. The van der Waals surface area contributed by atoms with Gasteiger partial charge in [0.2, 0.25) is 0 Å². The van der Waals surface area contributed by atoms with Crippen molar-refractivity contribution in [2.24, 2.45) is 0 Å². The molecule has 0 aromatic heterocycles. The predicted molar refractivity (Wildman–Crippen MR) is 76.0 cm³/mol. The number of aliphatic hydroxyl groups is 3. The molecule has 3 N–H and O–H groups in total. The van der Waals surface area contributed by atoms with E-state index in [0.29, 0.717) is 0 Å². The van der Waals surface area contributed by atoms with Crippen LogP contribution in [0, 0.1) is 0 Å².